The molecule has 4 heteroatoms. The third kappa shape index (κ3) is 2.24. The van der Waals surface area contributed by atoms with E-state index in [9.17, 15) is 4.79 Å². The third-order valence-electron chi connectivity index (χ3n) is 4.54. The lowest BCUT2D eigenvalue weighted by Crippen LogP contribution is -2.25. The molecule has 0 spiro atoms. The highest BCUT2D eigenvalue weighted by molar-refractivity contribution is 5.77. The van der Waals surface area contributed by atoms with E-state index in [-0.39, 0.29) is 11.9 Å². The van der Waals surface area contributed by atoms with Gasteiger partial charge in [0.05, 0.1) is 24.7 Å². The molecule has 0 aromatic heterocycles. The molecular weight excluding hydrogens is 254 g/mol. The maximum Gasteiger partial charge on any atom is 0.314 e. The Bertz CT molecular complexity index is 576. The van der Waals surface area contributed by atoms with Gasteiger partial charge < -0.3 is 9.47 Å². The summed E-state index contributed by atoms with van der Waals surface area (Å²) < 4.78 is 10.7. The van der Waals surface area contributed by atoms with Crippen molar-refractivity contribution in [1.82, 2.24) is 0 Å². The number of nitriles is 1. The van der Waals surface area contributed by atoms with Gasteiger partial charge in [-0.15, -0.1) is 0 Å². The molecule has 3 atom stereocenters. The Morgan fingerprint density at radius 2 is 2.15 bits per heavy atom. The summed E-state index contributed by atoms with van der Waals surface area (Å²) in [6.45, 7) is 0. The van der Waals surface area contributed by atoms with Crippen molar-refractivity contribution in [2.75, 3.05) is 7.11 Å². The van der Waals surface area contributed by atoms with E-state index in [0.29, 0.717) is 28.9 Å². The number of rotatable bonds is 3. The zero-order valence-electron chi connectivity index (χ0n) is 11.5. The highest BCUT2D eigenvalue weighted by Crippen LogP contribution is 2.48. The van der Waals surface area contributed by atoms with E-state index in [1.165, 1.54) is 20.0 Å². The van der Waals surface area contributed by atoms with E-state index in [0.717, 1.165) is 12.8 Å². The maximum absolute atomic E-state index is 12.3. The van der Waals surface area contributed by atoms with E-state index in [1.807, 2.05) is 6.07 Å². The highest BCUT2D eigenvalue weighted by Gasteiger charge is 2.44. The zero-order chi connectivity index (χ0) is 14.1. The van der Waals surface area contributed by atoms with E-state index < -0.39 is 0 Å². The van der Waals surface area contributed by atoms with Gasteiger partial charge in [0.2, 0.25) is 0 Å². The largest absolute Gasteiger partial charge is 0.493 e. The summed E-state index contributed by atoms with van der Waals surface area (Å²) in [5, 5.41) is 8.86. The van der Waals surface area contributed by atoms with Crippen LogP contribution in [0, 0.1) is 29.1 Å². The molecule has 1 aromatic rings. The Morgan fingerprint density at radius 3 is 2.75 bits per heavy atom. The predicted octanol–water partition coefficient (Wildman–Crippen LogP) is 2.91. The molecule has 2 saturated carbocycles. The van der Waals surface area contributed by atoms with Crippen LogP contribution in [-0.4, -0.2) is 13.1 Å². The Kier molecular flexibility index (Phi) is 3.35. The summed E-state index contributed by atoms with van der Waals surface area (Å²) in [6, 6.07) is 6.88. The summed E-state index contributed by atoms with van der Waals surface area (Å²) in [5.74, 6) is 1.92. The van der Waals surface area contributed by atoms with Crippen molar-refractivity contribution in [3.63, 3.8) is 0 Å². The molecule has 0 N–H and O–H groups in total. The number of benzene rings is 1. The molecule has 0 saturated heterocycles. The summed E-state index contributed by atoms with van der Waals surface area (Å²) in [4.78, 5) is 12.3. The van der Waals surface area contributed by atoms with Crippen LogP contribution in [0.3, 0.4) is 0 Å². The van der Waals surface area contributed by atoms with Crippen LogP contribution >= 0.6 is 0 Å². The lowest BCUT2D eigenvalue weighted by atomic mass is 9.89. The molecule has 2 fully saturated rings. The summed E-state index contributed by atoms with van der Waals surface area (Å²) in [6.07, 6.45) is 4.54. The van der Waals surface area contributed by atoms with Crippen LogP contribution in [0.15, 0.2) is 18.2 Å². The number of hydrogen-bond acceptors (Lipinski definition) is 4. The normalized spacial score (nSPS) is 27.1. The molecule has 1 aromatic carbocycles. The van der Waals surface area contributed by atoms with Crippen molar-refractivity contribution in [1.29, 1.82) is 5.26 Å². The van der Waals surface area contributed by atoms with Gasteiger partial charge in [-0.3, -0.25) is 4.79 Å². The first kappa shape index (κ1) is 13.0. The first-order valence-electron chi connectivity index (χ1n) is 7.01. The zero-order valence-corrected chi connectivity index (χ0v) is 11.5. The SMILES string of the molecule is COc1cc(C#N)ccc1OC(=O)C1CC2CCC1C2. The van der Waals surface area contributed by atoms with Crippen LogP contribution in [0.5, 0.6) is 11.5 Å². The fourth-order valence-corrected chi connectivity index (χ4v) is 3.54. The highest BCUT2D eigenvalue weighted by atomic mass is 16.6. The van der Waals surface area contributed by atoms with Crippen molar-refractivity contribution in [2.24, 2.45) is 17.8 Å². The van der Waals surface area contributed by atoms with Crippen LogP contribution in [0.4, 0.5) is 0 Å². The van der Waals surface area contributed by atoms with Crippen molar-refractivity contribution in [3.8, 4) is 17.6 Å². The van der Waals surface area contributed by atoms with Gasteiger partial charge in [-0.05, 0) is 43.2 Å². The Balaban J connectivity index is 1.74. The molecule has 0 amide bonds. The second-order valence-corrected chi connectivity index (χ2v) is 5.68. The number of esters is 1. The van der Waals surface area contributed by atoms with Gasteiger partial charge in [0.15, 0.2) is 11.5 Å². The standard InChI is InChI=1S/C16H17NO3/c1-19-15-8-11(9-17)3-5-14(15)20-16(18)13-7-10-2-4-12(13)6-10/h3,5,8,10,12-13H,2,4,6-7H2,1H3. The fraction of sp³-hybridized carbons (Fsp3) is 0.500. The summed E-state index contributed by atoms with van der Waals surface area (Å²) >= 11 is 0. The Labute approximate surface area is 118 Å². The number of carbonyl (C=O) groups is 1. The monoisotopic (exact) mass is 271 g/mol. The molecule has 4 nitrogen and oxygen atoms in total. The van der Waals surface area contributed by atoms with Gasteiger partial charge in [0.25, 0.3) is 0 Å². The van der Waals surface area contributed by atoms with Gasteiger partial charge in [-0.2, -0.15) is 5.26 Å². The van der Waals surface area contributed by atoms with Gasteiger partial charge in [0, 0.05) is 6.07 Å². The molecular formula is C16H17NO3. The molecule has 3 unspecified atom stereocenters. The van der Waals surface area contributed by atoms with Crippen molar-refractivity contribution < 1.29 is 14.3 Å². The van der Waals surface area contributed by atoms with Crippen LogP contribution in [-0.2, 0) is 4.79 Å². The first-order chi connectivity index (χ1) is 9.71. The van der Waals surface area contributed by atoms with E-state index in [2.05, 4.69) is 0 Å². The van der Waals surface area contributed by atoms with Crippen molar-refractivity contribution in [2.45, 2.75) is 25.7 Å². The first-order valence-corrected chi connectivity index (χ1v) is 7.01. The minimum atomic E-state index is -0.153. The van der Waals surface area contributed by atoms with E-state index in [4.69, 9.17) is 14.7 Å². The second kappa shape index (κ2) is 5.16. The summed E-state index contributed by atoms with van der Waals surface area (Å²) in [5.41, 5.74) is 0.488. The molecule has 104 valence electrons. The second-order valence-electron chi connectivity index (χ2n) is 5.68. The molecule has 2 aliphatic rings. The lowest BCUT2D eigenvalue weighted by Gasteiger charge is -2.20. The van der Waals surface area contributed by atoms with Gasteiger partial charge in [-0.25, -0.2) is 0 Å². The number of hydrogen-bond donors (Lipinski definition) is 0. The number of fused-ring (bicyclic) bond motifs is 2. The lowest BCUT2D eigenvalue weighted by molar-refractivity contribution is -0.140. The minimum Gasteiger partial charge on any atom is -0.493 e. The van der Waals surface area contributed by atoms with E-state index in [1.54, 1.807) is 18.2 Å². The molecule has 3 rings (SSSR count). The quantitative estimate of drug-likeness (QED) is 0.626. The topological polar surface area (TPSA) is 59.3 Å². The smallest absolute Gasteiger partial charge is 0.314 e. The van der Waals surface area contributed by atoms with Crippen LogP contribution in [0.1, 0.15) is 31.2 Å². The van der Waals surface area contributed by atoms with Crippen LogP contribution in [0.25, 0.3) is 0 Å². The van der Waals surface area contributed by atoms with Crippen LogP contribution in [0.2, 0.25) is 0 Å². The molecule has 2 aliphatic carbocycles. The van der Waals surface area contributed by atoms with Crippen LogP contribution < -0.4 is 9.47 Å². The molecule has 2 bridgehead atoms. The molecule has 20 heavy (non-hydrogen) atoms. The van der Waals surface area contributed by atoms with Gasteiger partial charge >= 0.3 is 5.97 Å². The average molecular weight is 271 g/mol. The Morgan fingerprint density at radius 1 is 1.30 bits per heavy atom. The minimum absolute atomic E-state index is 0.0362. The summed E-state index contributed by atoms with van der Waals surface area (Å²) in [7, 11) is 1.51. The third-order valence-corrected chi connectivity index (χ3v) is 4.54. The fourth-order valence-electron chi connectivity index (χ4n) is 3.54. The average Bonchev–Trinajstić information content (AvgIpc) is 3.10. The van der Waals surface area contributed by atoms with Crippen molar-refractivity contribution in [3.05, 3.63) is 23.8 Å². The van der Waals surface area contributed by atoms with Gasteiger partial charge in [-0.1, -0.05) is 6.42 Å². The predicted molar refractivity (Wildman–Crippen MR) is 72.3 cm³/mol. The molecule has 0 heterocycles. The molecule has 0 radical (unpaired) electrons. The number of nitrogens with zero attached hydrogens (tertiary/aromatic N) is 1. The maximum atomic E-state index is 12.3. The molecule has 0 aliphatic heterocycles. The van der Waals surface area contributed by atoms with E-state index >= 15 is 0 Å². The van der Waals surface area contributed by atoms with Crippen molar-refractivity contribution >= 4 is 5.97 Å². The van der Waals surface area contributed by atoms with Gasteiger partial charge in [0.1, 0.15) is 0 Å². The number of ether oxygens (including phenoxy) is 2. The number of carbonyl (C=O) groups excluding carboxylic acids is 1. The number of methoxy groups -OCH3 is 1. The Hall–Kier alpha value is -2.02.